The van der Waals surface area contributed by atoms with Crippen LogP contribution in [0.4, 0.5) is 13.2 Å². The number of para-hydroxylation sites is 1. The highest BCUT2D eigenvalue weighted by Crippen LogP contribution is 2.34. The van der Waals surface area contributed by atoms with Gasteiger partial charge in [0.05, 0.1) is 24.1 Å². The molecule has 3 aromatic rings. The smallest absolute Gasteiger partial charge is 0.434 e. The number of rotatable bonds is 7. The van der Waals surface area contributed by atoms with E-state index >= 15 is 0 Å². The third-order valence-corrected chi connectivity index (χ3v) is 4.74. The molecule has 2 aromatic carbocycles. The molecule has 11 heteroatoms. The van der Waals surface area contributed by atoms with Crippen LogP contribution in [0, 0.1) is 6.92 Å². The minimum Gasteiger partial charge on any atom is -0.494 e. The summed E-state index contributed by atoms with van der Waals surface area (Å²) in [5, 5.41) is 3.76. The van der Waals surface area contributed by atoms with Crippen LogP contribution in [-0.4, -0.2) is 34.3 Å². The minimum atomic E-state index is -4.88. The number of halogens is 3. The second-order valence-electron chi connectivity index (χ2n) is 7.21. The summed E-state index contributed by atoms with van der Waals surface area (Å²) in [4.78, 5) is 24.8. The van der Waals surface area contributed by atoms with Crippen molar-refractivity contribution in [1.29, 1.82) is 0 Å². The molecule has 0 spiro atoms. The number of hydrogen-bond acceptors (Lipinski definition) is 5. The van der Waals surface area contributed by atoms with Crippen molar-refractivity contribution in [1.82, 2.24) is 20.6 Å². The number of benzene rings is 2. The van der Waals surface area contributed by atoms with E-state index in [1.807, 2.05) is 12.3 Å². The summed E-state index contributed by atoms with van der Waals surface area (Å²) in [5.41, 5.74) is 2.79. The van der Waals surface area contributed by atoms with Gasteiger partial charge in [-0.3, -0.25) is 20.4 Å². The van der Waals surface area contributed by atoms with Gasteiger partial charge in [-0.15, -0.1) is 0 Å². The lowest BCUT2D eigenvalue weighted by Gasteiger charge is -2.16. The number of nitrogens with zero attached hydrogens (tertiary/aromatic N) is 2. The van der Waals surface area contributed by atoms with E-state index in [2.05, 4.69) is 10.5 Å². The van der Waals surface area contributed by atoms with Crippen molar-refractivity contribution >= 4 is 11.8 Å². The zero-order valence-corrected chi connectivity index (χ0v) is 18.6. The average Bonchev–Trinajstić information content (AvgIpc) is 3.25. The van der Waals surface area contributed by atoms with Crippen LogP contribution in [-0.2, 0) is 11.0 Å². The SMILES string of the molecule is CCOc1ccc(OC(C)C(=O)NNC(=O)c2cnn(-c3ccccc3C)c2C(F)(F)F)cc1. The van der Waals surface area contributed by atoms with Crippen molar-refractivity contribution in [2.45, 2.75) is 33.1 Å². The molecule has 0 radical (unpaired) electrons. The zero-order valence-electron chi connectivity index (χ0n) is 18.6. The first-order chi connectivity index (χ1) is 16.1. The highest BCUT2D eigenvalue weighted by atomic mass is 19.4. The molecule has 1 unspecified atom stereocenters. The molecule has 34 heavy (non-hydrogen) atoms. The number of alkyl halides is 3. The highest BCUT2D eigenvalue weighted by molar-refractivity contribution is 5.96. The van der Waals surface area contributed by atoms with E-state index < -0.39 is 35.4 Å². The molecule has 0 saturated carbocycles. The molecule has 0 fully saturated rings. The zero-order chi connectivity index (χ0) is 24.9. The Kier molecular flexibility index (Phi) is 7.44. The largest absolute Gasteiger partial charge is 0.494 e. The maximum absolute atomic E-state index is 13.8. The standard InChI is InChI=1S/C23H23F3N4O4/c1-4-33-16-9-11-17(12-10-16)34-15(3)21(31)28-29-22(32)18-13-27-30(20(18)23(24,25)26)19-8-6-5-7-14(19)2/h5-13,15H,4H2,1-3H3,(H,28,31)(H,29,32). The predicted octanol–water partition coefficient (Wildman–Crippen LogP) is 3.83. The third-order valence-electron chi connectivity index (χ3n) is 4.74. The van der Waals surface area contributed by atoms with Gasteiger partial charge in [0, 0.05) is 0 Å². The van der Waals surface area contributed by atoms with Gasteiger partial charge in [0.1, 0.15) is 11.5 Å². The molecule has 8 nitrogen and oxygen atoms in total. The number of nitrogens with one attached hydrogen (secondary N) is 2. The van der Waals surface area contributed by atoms with Gasteiger partial charge in [0.25, 0.3) is 11.8 Å². The van der Waals surface area contributed by atoms with Crippen molar-refractivity contribution < 1.29 is 32.2 Å². The predicted molar refractivity (Wildman–Crippen MR) is 117 cm³/mol. The van der Waals surface area contributed by atoms with Crippen molar-refractivity contribution in [2.75, 3.05) is 6.61 Å². The molecule has 0 saturated heterocycles. The quantitative estimate of drug-likeness (QED) is 0.506. The molecule has 0 aliphatic rings. The van der Waals surface area contributed by atoms with Gasteiger partial charge in [0.2, 0.25) is 0 Å². The second-order valence-corrected chi connectivity index (χ2v) is 7.21. The maximum Gasteiger partial charge on any atom is 0.434 e. The van der Waals surface area contributed by atoms with Gasteiger partial charge in [-0.05, 0) is 56.7 Å². The molecule has 0 aliphatic carbocycles. The van der Waals surface area contributed by atoms with Crippen LogP contribution in [0.1, 0.15) is 35.5 Å². The highest BCUT2D eigenvalue weighted by Gasteiger charge is 2.41. The van der Waals surface area contributed by atoms with Gasteiger partial charge in [0.15, 0.2) is 11.8 Å². The summed E-state index contributed by atoms with van der Waals surface area (Å²) in [6, 6.07) is 12.9. The molecule has 3 rings (SSSR count). The number of aromatic nitrogens is 2. The summed E-state index contributed by atoms with van der Waals surface area (Å²) in [5.74, 6) is -0.932. The van der Waals surface area contributed by atoms with E-state index in [0.717, 1.165) is 6.20 Å². The normalized spacial score (nSPS) is 12.1. The maximum atomic E-state index is 13.8. The molecule has 2 amide bonds. The van der Waals surface area contributed by atoms with Crippen LogP contribution in [0.25, 0.3) is 5.69 Å². The number of ether oxygens (including phenoxy) is 2. The summed E-state index contributed by atoms with van der Waals surface area (Å²) >= 11 is 0. The van der Waals surface area contributed by atoms with Crippen molar-refractivity contribution in [3.05, 3.63) is 71.5 Å². The Morgan fingerprint density at radius 3 is 2.32 bits per heavy atom. The Hall–Kier alpha value is -4.02. The number of aryl methyl sites for hydroxylation is 1. The molecule has 0 aliphatic heterocycles. The topological polar surface area (TPSA) is 94.5 Å². The summed E-state index contributed by atoms with van der Waals surface area (Å²) in [6.07, 6.45) is -5.12. The Balaban J connectivity index is 1.69. The molecule has 2 N–H and O–H groups in total. The van der Waals surface area contributed by atoms with E-state index in [9.17, 15) is 22.8 Å². The van der Waals surface area contributed by atoms with Crippen LogP contribution in [0.15, 0.2) is 54.7 Å². The average molecular weight is 476 g/mol. The summed E-state index contributed by atoms with van der Waals surface area (Å²) < 4.78 is 52.9. The molecular formula is C23H23F3N4O4. The van der Waals surface area contributed by atoms with Crippen LogP contribution in [0.2, 0.25) is 0 Å². The van der Waals surface area contributed by atoms with Crippen LogP contribution < -0.4 is 20.3 Å². The number of hydrazine groups is 1. The number of carbonyl (C=O) groups is 2. The molecule has 180 valence electrons. The first kappa shape index (κ1) is 24.6. The lowest BCUT2D eigenvalue weighted by atomic mass is 10.2. The molecule has 1 atom stereocenters. The van der Waals surface area contributed by atoms with Crippen molar-refractivity contribution in [2.24, 2.45) is 0 Å². The lowest BCUT2D eigenvalue weighted by Crippen LogP contribution is -2.47. The lowest BCUT2D eigenvalue weighted by molar-refractivity contribution is -0.143. The van der Waals surface area contributed by atoms with Gasteiger partial charge >= 0.3 is 6.18 Å². The fraction of sp³-hybridized carbons (Fsp3) is 0.261. The van der Waals surface area contributed by atoms with Crippen molar-refractivity contribution in [3.63, 3.8) is 0 Å². The van der Waals surface area contributed by atoms with Crippen molar-refractivity contribution in [3.8, 4) is 17.2 Å². The molecule has 1 aromatic heterocycles. The van der Waals surface area contributed by atoms with E-state index in [1.54, 1.807) is 49.4 Å². The van der Waals surface area contributed by atoms with E-state index in [1.165, 1.54) is 13.0 Å². The minimum absolute atomic E-state index is 0.176. The van der Waals surface area contributed by atoms with E-state index in [-0.39, 0.29) is 5.69 Å². The first-order valence-electron chi connectivity index (χ1n) is 10.3. The van der Waals surface area contributed by atoms with Gasteiger partial charge in [-0.2, -0.15) is 18.3 Å². The van der Waals surface area contributed by atoms with Crippen LogP contribution in [0.5, 0.6) is 11.5 Å². The Bertz CT molecular complexity index is 1160. The second kappa shape index (κ2) is 10.3. The number of hydrogen-bond donors (Lipinski definition) is 2. The summed E-state index contributed by atoms with van der Waals surface area (Å²) in [6.45, 7) is 5.40. The Labute approximate surface area is 193 Å². The molecular weight excluding hydrogens is 453 g/mol. The number of amides is 2. The van der Waals surface area contributed by atoms with Gasteiger partial charge < -0.3 is 9.47 Å². The first-order valence-corrected chi connectivity index (χ1v) is 10.3. The fourth-order valence-corrected chi connectivity index (χ4v) is 3.10. The third kappa shape index (κ3) is 5.66. The van der Waals surface area contributed by atoms with Gasteiger partial charge in [-0.1, -0.05) is 18.2 Å². The Morgan fingerprint density at radius 1 is 1.06 bits per heavy atom. The summed E-state index contributed by atoms with van der Waals surface area (Å²) in [7, 11) is 0. The Morgan fingerprint density at radius 2 is 1.71 bits per heavy atom. The van der Waals surface area contributed by atoms with Crippen LogP contribution in [0.3, 0.4) is 0 Å². The number of carbonyl (C=O) groups excluding carboxylic acids is 2. The van der Waals surface area contributed by atoms with E-state index in [4.69, 9.17) is 9.47 Å². The fourth-order valence-electron chi connectivity index (χ4n) is 3.10. The van der Waals surface area contributed by atoms with Crippen LogP contribution >= 0.6 is 0 Å². The molecule has 1 heterocycles. The van der Waals surface area contributed by atoms with E-state index in [0.29, 0.717) is 28.4 Å². The molecule has 0 bridgehead atoms. The monoisotopic (exact) mass is 476 g/mol. The van der Waals surface area contributed by atoms with Gasteiger partial charge in [-0.25, -0.2) is 4.68 Å².